The van der Waals surface area contributed by atoms with Crippen LogP contribution in [0.4, 0.5) is 0 Å². The van der Waals surface area contributed by atoms with Crippen LogP contribution in [-0.4, -0.2) is 22.8 Å². The Morgan fingerprint density at radius 3 is 2.87 bits per heavy atom. The van der Waals surface area contributed by atoms with Crippen LogP contribution in [0.25, 0.3) is 10.9 Å². The van der Waals surface area contributed by atoms with Crippen LogP contribution in [-0.2, 0) is 21.5 Å². The van der Waals surface area contributed by atoms with Crippen molar-refractivity contribution in [2.75, 3.05) is 0 Å². The molecule has 154 valence electrons. The normalized spacial score (nSPS) is 24.4. The molecule has 0 amide bonds. The summed E-state index contributed by atoms with van der Waals surface area (Å²) in [7, 11) is 0. The number of aliphatic imine (C=N–C) groups is 1. The number of nitrogens with zero attached hydrogens (tertiary/aromatic N) is 1. The summed E-state index contributed by atoms with van der Waals surface area (Å²) in [5.41, 5.74) is 2.28. The highest BCUT2D eigenvalue weighted by Crippen LogP contribution is 2.45. The lowest BCUT2D eigenvalue weighted by Crippen LogP contribution is -2.52. The highest BCUT2D eigenvalue weighted by atomic mass is 35.5. The number of H-pyrrole nitrogens is 1. The number of aromatic nitrogens is 1. The fraction of sp³-hybridized carbons (Fsp3) is 0.360. The zero-order chi connectivity index (χ0) is 20.7. The van der Waals surface area contributed by atoms with Crippen molar-refractivity contribution in [3.63, 3.8) is 0 Å². The number of aromatic amines is 1. The summed E-state index contributed by atoms with van der Waals surface area (Å²) in [6, 6.07) is 15.9. The molecule has 1 fully saturated rings. The molecule has 2 heterocycles. The van der Waals surface area contributed by atoms with Crippen LogP contribution >= 0.6 is 11.6 Å². The van der Waals surface area contributed by atoms with E-state index < -0.39 is 11.6 Å². The van der Waals surface area contributed by atoms with Gasteiger partial charge >= 0.3 is 0 Å². The van der Waals surface area contributed by atoms with E-state index in [1.165, 1.54) is 10.9 Å². The molecule has 3 unspecified atom stereocenters. The van der Waals surface area contributed by atoms with Gasteiger partial charge in [-0.3, -0.25) is 4.79 Å². The van der Waals surface area contributed by atoms with Crippen molar-refractivity contribution in [1.29, 1.82) is 0 Å². The molecule has 1 aromatic heterocycles. The molecule has 1 N–H and O–H groups in total. The van der Waals surface area contributed by atoms with Gasteiger partial charge in [0.25, 0.3) is 0 Å². The minimum atomic E-state index is -0.914. The van der Waals surface area contributed by atoms with Crippen LogP contribution < -0.4 is 0 Å². The fourth-order valence-corrected chi connectivity index (χ4v) is 5.22. The van der Waals surface area contributed by atoms with Crippen molar-refractivity contribution in [2.45, 2.75) is 50.7 Å². The van der Waals surface area contributed by atoms with Crippen molar-refractivity contribution >= 4 is 34.2 Å². The zero-order valence-electron chi connectivity index (χ0n) is 17.0. The molecular formula is C25H25ClN2O2. The van der Waals surface area contributed by atoms with Crippen LogP contribution in [0.3, 0.4) is 0 Å². The maximum atomic E-state index is 13.3. The smallest absolute Gasteiger partial charge is 0.205 e. The lowest BCUT2D eigenvalue weighted by atomic mass is 9.73. The van der Waals surface area contributed by atoms with Crippen LogP contribution in [0.1, 0.15) is 43.7 Å². The second-order valence-electron chi connectivity index (χ2n) is 8.32. The van der Waals surface area contributed by atoms with Crippen molar-refractivity contribution in [3.05, 3.63) is 70.9 Å². The van der Waals surface area contributed by atoms with E-state index in [0.29, 0.717) is 17.3 Å². The predicted octanol–water partition coefficient (Wildman–Crippen LogP) is 5.84. The summed E-state index contributed by atoms with van der Waals surface area (Å²) >= 11 is 6.54. The summed E-state index contributed by atoms with van der Waals surface area (Å²) in [6.07, 6.45) is 5.68. The van der Waals surface area contributed by atoms with E-state index in [2.05, 4.69) is 36.3 Å². The number of hydrogen-bond donors (Lipinski definition) is 1. The summed E-state index contributed by atoms with van der Waals surface area (Å²) in [5.74, 6) is 0.860. The van der Waals surface area contributed by atoms with Gasteiger partial charge in [0.1, 0.15) is 0 Å². The van der Waals surface area contributed by atoms with Gasteiger partial charge < -0.3 is 9.72 Å². The number of fused-ring (bicyclic) bond motifs is 3. The van der Waals surface area contributed by atoms with Gasteiger partial charge in [-0.05, 0) is 49.8 Å². The van der Waals surface area contributed by atoms with Gasteiger partial charge in [0.15, 0.2) is 17.5 Å². The summed E-state index contributed by atoms with van der Waals surface area (Å²) in [4.78, 5) is 21.7. The highest BCUT2D eigenvalue weighted by molar-refractivity contribution is 6.32. The Kier molecular flexibility index (Phi) is 4.90. The van der Waals surface area contributed by atoms with Gasteiger partial charge in [0.2, 0.25) is 5.78 Å². The molecule has 2 bridgehead atoms. The van der Waals surface area contributed by atoms with Gasteiger partial charge in [-0.25, -0.2) is 4.99 Å². The van der Waals surface area contributed by atoms with E-state index in [4.69, 9.17) is 21.3 Å². The lowest BCUT2D eigenvalue weighted by molar-refractivity contribution is -0.137. The Hall–Kier alpha value is -2.59. The molecule has 1 aliphatic heterocycles. The first kappa shape index (κ1) is 19.4. The standard InChI is InChI=1S/C25H25ClN2O2/c1-2-16(14-17-15-27-21-11-6-3-8-18(17)21)24-28-25(19-9-4-5-10-20(19)26)13-7-12-22(30-24)23(25)29/h3-6,8-11,15-16,22,27H,2,7,12-14H2,1H3. The lowest BCUT2D eigenvalue weighted by Gasteiger charge is -2.42. The number of nitrogens with one attached hydrogen (secondary N) is 1. The third-order valence-corrected chi connectivity index (χ3v) is 6.90. The van der Waals surface area contributed by atoms with Crippen molar-refractivity contribution in [3.8, 4) is 0 Å². The van der Waals surface area contributed by atoms with Crippen LogP contribution in [0.2, 0.25) is 5.02 Å². The Balaban J connectivity index is 1.56. The predicted molar refractivity (Wildman–Crippen MR) is 120 cm³/mol. The third-order valence-electron chi connectivity index (χ3n) is 6.57. The molecule has 0 spiro atoms. The Morgan fingerprint density at radius 2 is 2.03 bits per heavy atom. The number of Topliss-reactive ketones (excluding diaryl/α,β-unsaturated/α-hetero) is 1. The second kappa shape index (κ2) is 7.59. The van der Waals surface area contributed by atoms with E-state index in [9.17, 15) is 4.79 Å². The zero-order valence-corrected chi connectivity index (χ0v) is 17.8. The largest absolute Gasteiger partial charge is 0.469 e. The number of carbonyl (C=O) groups is 1. The van der Waals surface area contributed by atoms with E-state index in [1.54, 1.807) is 0 Å². The van der Waals surface area contributed by atoms with Gasteiger partial charge in [-0.15, -0.1) is 0 Å². The van der Waals surface area contributed by atoms with E-state index in [1.807, 2.05) is 30.3 Å². The maximum Gasteiger partial charge on any atom is 0.205 e. The Morgan fingerprint density at radius 1 is 1.23 bits per heavy atom. The van der Waals surface area contributed by atoms with Crippen molar-refractivity contribution in [2.24, 2.45) is 10.9 Å². The number of carbonyl (C=O) groups excluding carboxylic acids is 1. The molecule has 2 aliphatic rings. The molecule has 30 heavy (non-hydrogen) atoms. The topological polar surface area (TPSA) is 54.4 Å². The number of halogens is 1. The van der Waals surface area contributed by atoms with E-state index in [0.717, 1.165) is 36.8 Å². The molecule has 3 aromatic rings. The van der Waals surface area contributed by atoms with Gasteiger partial charge in [-0.1, -0.05) is 54.9 Å². The monoisotopic (exact) mass is 420 g/mol. The first-order chi connectivity index (χ1) is 14.6. The number of benzene rings is 2. The quantitative estimate of drug-likeness (QED) is 0.564. The van der Waals surface area contributed by atoms with Crippen molar-refractivity contribution in [1.82, 2.24) is 4.98 Å². The highest BCUT2D eigenvalue weighted by Gasteiger charge is 2.52. The van der Waals surface area contributed by atoms with Crippen LogP contribution in [0.5, 0.6) is 0 Å². The molecule has 2 aromatic carbocycles. The minimum absolute atomic E-state index is 0.0487. The number of ether oxygens (including phenoxy) is 1. The molecule has 4 nitrogen and oxygen atoms in total. The molecule has 5 heteroatoms. The molecule has 5 rings (SSSR count). The Bertz CT molecular complexity index is 1130. The molecule has 0 radical (unpaired) electrons. The molecule has 3 atom stereocenters. The molecule has 1 saturated carbocycles. The average molecular weight is 421 g/mol. The van der Waals surface area contributed by atoms with E-state index >= 15 is 0 Å². The fourth-order valence-electron chi connectivity index (χ4n) is 4.93. The third kappa shape index (κ3) is 3.05. The van der Waals surface area contributed by atoms with Gasteiger partial charge in [0.05, 0.1) is 0 Å². The summed E-state index contributed by atoms with van der Waals surface area (Å²) in [5, 5.41) is 1.82. The van der Waals surface area contributed by atoms with Crippen LogP contribution in [0, 0.1) is 5.92 Å². The van der Waals surface area contributed by atoms with Gasteiger partial charge in [0, 0.05) is 33.6 Å². The first-order valence-corrected chi connectivity index (χ1v) is 11.1. The number of hydrogen-bond acceptors (Lipinski definition) is 3. The number of ketones is 1. The van der Waals surface area contributed by atoms with E-state index in [-0.39, 0.29) is 11.7 Å². The molecule has 1 aliphatic carbocycles. The van der Waals surface area contributed by atoms with Crippen LogP contribution in [0.15, 0.2) is 59.7 Å². The number of para-hydroxylation sites is 1. The summed E-state index contributed by atoms with van der Waals surface area (Å²) < 4.78 is 6.22. The SMILES string of the molecule is CCC(Cc1c[nH]c2ccccc12)C1=NC2(c3ccccc3Cl)CCCC(O1)C2=O. The van der Waals surface area contributed by atoms with Gasteiger partial charge in [-0.2, -0.15) is 0 Å². The molecular weight excluding hydrogens is 396 g/mol. The first-order valence-electron chi connectivity index (χ1n) is 10.7. The maximum absolute atomic E-state index is 13.3. The average Bonchev–Trinajstić information content (AvgIpc) is 3.16. The van der Waals surface area contributed by atoms with Crippen molar-refractivity contribution < 1.29 is 9.53 Å². The second-order valence-corrected chi connectivity index (χ2v) is 8.73. The Labute approximate surface area is 181 Å². The number of rotatable bonds is 5. The summed E-state index contributed by atoms with van der Waals surface area (Å²) in [6.45, 7) is 2.15. The minimum Gasteiger partial charge on any atom is -0.469 e. The molecule has 0 saturated heterocycles.